The van der Waals surface area contributed by atoms with Crippen molar-refractivity contribution in [2.45, 2.75) is 57.5 Å². The lowest BCUT2D eigenvalue weighted by atomic mass is 9.73. The molecule has 0 spiro atoms. The molecule has 0 atom stereocenters. The van der Waals surface area contributed by atoms with Gasteiger partial charge in [-0.1, -0.05) is 19.3 Å². The van der Waals surface area contributed by atoms with Crippen LogP contribution in [-0.2, 0) is 9.47 Å². The Labute approximate surface area is 193 Å². The Morgan fingerprint density at radius 2 is 1.62 bits per heavy atom. The van der Waals surface area contributed by atoms with Crippen LogP contribution in [0.2, 0.25) is 0 Å². The van der Waals surface area contributed by atoms with Gasteiger partial charge < -0.3 is 25.2 Å². The van der Waals surface area contributed by atoms with Gasteiger partial charge in [-0.25, -0.2) is 0 Å². The van der Waals surface area contributed by atoms with Crippen LogP contribution in [0.3, 0.4) is 0 Å². The van der Waals surface area contributed by atoms with Gasteiger partial charge in [0.2, 0.25) is 0 Å². The van der Waals surface area contributed by atoms with Crippen LogP contribution in [0.1, 0.15) is 51.9 Å². The van der Waals surface area contributed by atoms with Gasteiger partial charge >= 0.3 is 0 Å². The molecule has 2 heterocycles. The largest absolute Gasteiger partial charge is 0.388 e. The topological polar surface area (TPSA) is 78.4 Å². The molecule has 2 aliphatic heterocycles. The SMILES string of the molecule is CCNC(=NCC1(CN2CCOCC2)CCCCC1)NCC1(O)CCOCC1.I. The zero-order chi connectivity index (χ0) is 19.7. The minimum absolute atomic E-state index is 0. The Morgan fingerprint density at radius 3 is 2.28 bits per heavy atom. The average molecular weight is 524 g/mol. The van der Waals surface area contributed by atoms with Crippen molar-refractivity contribution in [3.63, 3.8) is 0 Å². The first-order chi connectivity index (χ1) is 13.6. The Balaban J connectivity index is 0.00000300. The van der Waals surface area contributed by atoms with E-state index in [4.69, 9.17) is 14.5 Å². The number of halogens is 1. The van der Waals surface area contributed by atoms with E-state index in [1.165, 1.54) is 32.1 Å². The molecular formula is C21H41IN4O3. The van der Waals surface area contributed by atoms with E-state index in [1.807, 2.05) is 0 Å². The third-order valence-corrected chi connectivity index (χ3v) is 6.50. The van der Waals surface area contributed by atoms with Gasteiger partial charge in [-0.2, -0.15) is 0 Å². The lowest BCUT2D eigenvalue weighted by Gasteiger charge is -2.41. The molecule has 0 radical (unpaired) electrons. The number of nitrogens with one attached hydrogen (secondary N) is 2. The quantitative estimate of drug-likeness (QED) is 0.269. The van der Waals surface area contributed by atoms with Gasteiger partial charge in [-0.05, 0) is 19.8 Å². The van der Waals surface area contributed by atoms with Crippen molar-refractivity contribution >= 4 is 29.9 Å². The van der Waals surface area contributed by atoms with Crippen molar-refractivity contribution < 1.29 is 14.6 Å². The Bertz CT molecular complexity index is 488. The maximum absolute atomic E-state index is 10.7. The summed E-state index contributed by atoms with van der Waals surface area (Å²) in [6, 6.07) is 0. The minimum atomic E-state index is -0.690. The molecule has 3 N–H and O–H groups in total. The number of aliphatic imine (C=N–C) groups is 1. The van der Waals surface area contributed by atoms with Crippen molar-refractivity contribution in [2.75, 3.05) is 65.7 Å². The van der Waals surface area contributed by atoms with Crippen molar-refractivity contribution in [1.29, 1.82) is 0 Å². The second-order valence-electron chi connectivity index (χ2n) is 8.83. The van der Waals surface area contributed by atoms with Gasteiger partial charge in [0, 0.05) is 70.7 Å². The number of nitrogens with zero attached hydrogens (tertiary/aromatic N) is 2. The second kappa shape index (κ2) is 12.6. The molecule has 1 aliphatic carbocycles. The van der Waals surface area contributed by atoms with Gasteiger partial charge in [-0.3, -0.25) is 9.89 Å². The van der Waals surface area contributed by atoms with Crippen LogP contribution in [0.4, 0.5) is 0 Å². The lowest BCUT2D eigenvalue weighted by molar-refractivity contribution is -0.0594. The Morgan fingerprint density at radius 1 is 0.966 bits per heavy atom. The van der Waals surface area contributed by atoms with Gasteiger partial charge in [0.15, 0.2) is 5.96 Å². The first-order valence-corrected chi connectivity index (χ1v) is 11.3. The number of ether oxygens (including phenoxy) is 2. The second-order valence-corrected chi connectivity index (χ2v) is 8.83. The summed E-state index contributed by atoms with van der Waals surface area (Å²) in [5.74, 6) is 0.828. The molecule has 0 bridgehead atoms. The summed E-state index contributed by atoms with van der Waals surface area (Å²) in [5, 5.41) is 17.5. The molecule has 1 saturated carbocycles. The highest BCUT2D eigenvalue weighted by Gasteiger charge is 2.35. The molecular weight excluding hydrogens is 483 g/mol. The van der Waals surface area contributed by atoms with Crippen LogP contribution in [0, 0.1) is 5.41 Å². The summed E-state index contributed by atoms with van der Waals surface area (Å²) in [6.45, 7) is 10.5. The third-order valence-electron chi connectivity index (χ3n) is 6.50. The molecule has 29 heavy (non-hydrogen) atoms. The maximum atomic E-state index is 10.7. The average Bonchev–Trinajstić information content (AvgIpc) is 2.72. The Kier molecular flexibility index (Phi) is 10.9. The summed E-state index contributed by atoms with van der Waals surface area (Å²) in [6.07, 6.45) is 7.85. The molecule has 0 aromatic rings. The molecule has 3 fully saturated rings. The number of hydrogen-bond acceptors (Lipinski definition) is 5. The summed E-state index contributed by atoms with van der Waals surface area (Å²) in [5.41, 5.74) is -0.418. The predicted octanol–water partition coefficient (Wildman–Crippen LogP) is 1.98. The van der Waals surface area contributed by atoms with E-state index in [2.05, 4.69) is 22.5 Å². The van der Waals surface area contributed by atoms with Crippen LogP contribution in [0.25, 0.3) is 0 Å². The van der Waals surface area contributed by atoms with Crippen molar-refractivity contribution in [1.82, 2.24) is 15.5 Å². The summed E-state index contributed by atoms with van der Waals surface area (Å²) < 4.78 is 10.9. The zero-order valence-electron chi connectivity index (χ0n) is 18.1. The van der Waals surface area contributed by atoms with E-state index in [9.17, 15) is 5.11 Å². The van der Waals surface area contributed by atoms with E-state index >= 15 is 0 Å². The van der Waals surface area contributed by atoms with Crippen LogP contribution >= 0.6 is 24.0 Å². The number of rotatable bonds is 7. The molecule has 3 rings (SSSR count). The van der Waals surface area contributed by atoms with Crippen LogP contribution in [0.5, 0.6) is 0 Å². The fourth-order valence-corrected chi connectivity index (χ4v) is 4.67. The van der Waals surface area contributed by atoms with E-state index < -0.39 is 5.60 Å². The Hall–Kier alpha value is -0.160. The van der Waals surface area contributed by atoms with Crippen LogP contribution < -0.4 is 10.6 Å². The van der Waals surface area contributed by atoms with Crippen LogP contribution in [-0.4, -0.2) is 87.3 Å². The van der Waals surface area contributed by atoms with Crippen LogP contribution in [0.15, 0.2) is 4.99 Å². The molecule has 0 unspecified atom stereocenters. The molecule has 8 heteroatoms. The first-order valence-electron chi connectivity index (χ1n) is 11.3. The van der Waals surface area contributed by atoms with Crippen molar-refractivity contribution in [3.8, 4) is 0 Å². The molecule has 0 aromatic heterocycles. The molecule has 7 nitrogen and oxygen atoms in total. The van der Waals surface area contributed by atoms with E-state index in [-0.39, 0.29) is 29.4 Å². The smallest absolute Gasteiger partial charge is 0.191 e. The molecule has 0 aromatic carbocycles. The highest BCUT2D eigenvalue weighted by atomic mass is 127. The third kappa shape index (κ3) is 8.12. The maximum Gasteiger partial charge on any atom is 0.191 e. The summed E-state index contributed by atoms with van der Waals surface area (Å²) >= 11 is 0. The highest BCUT2D eigenvalue weighted by molar-refractivity contribution is 14.0. The van der Waals surface area contributed by atoms with E-state index in [1.54, 1.807) is 0 Å². The van der Waals surface area contributed by atoms with Gasteiger partial charge in [0.1, 0.15) is 0 Å². The van der Waals surface area contributed by atoms with Gasteiger partial charge in [0.25, 0.3) is 0 Å². The fraction of sp³-hybridized carbons (Fsp3) is 0.952. The standard InChI is InChI=1S/C21H40N4O3.HI/c1-2-22-19(24-17-21(26)8-12-27-13-9-21)23-16-20(6-4-3-5-7-20)18-25-10-14-28-15-11-25;/h26H,2-18H2,1H3,(H2,22,23,24);1H. The number of guanidine groups is 1. The molecule has 0 amide bonds. The number of hydrogen-bond donors (Lipinski definition) is 3. The monoisotopic (exact) mass is 524 g/mol. The zero-order valence-corrected chi connectivity index (χ0v) is 20.4. The minimum Gasteiger partial charge on any atom is -0.388 e. The number of morpholine rings is 1. The van der Waals surface area contributed by atoms with Gasteiger partial charge in [0.05, 0.1) is 18.8 Å². The summed E-state index contributed by atoms with van der Waals surface area (Å²) in [4.78, 5) is 7.55. The molecule has 170 valence electrons. The highest BCUT2D eigenvalue weighted by Crippen LogP contribution is 2.37. The van der Waals surface area contributed by atoms with E-state index in [0.717, 1.165) is 51.9 Å². The lowest BCUT2D eigenvalue weighted by Crippen LogP contribution is -2.50. The van der Waals surface area contributed by atoms with Gasteiger partial charge in [-0.15, -0.1) is 24.0 Å². The number of aliphatic hydroxyl groups is 1. The fourth-order valence-electron chi connectivity index (χ4n) is 4.67. The summed E-state index contributed by atoms with van der Waals surface area (Å²) in [7, 11) is 0. The van der Waals surface area contributed by atoms with E-state index in [0.29, 0.717) is 32.6 Å². The van der Waals surface area contributed by atoms with Crippen molar-refractivity contribution in [3.05, 3.63) is 0 Å². The molecule has 2 saturated heterocycles. The molecule has 3 aliphatic rings. The van der Waals surface area contributed by atoms with Crippen molar-refractivity contribution in [2.24, 2.45) is 10.4 Å². The predicted molar refractivity (Wildman–Crippen MR) is 127 cm³/mol. The normalized spacial score (nSPS) is 25.1. The first kappa shape index (κ1) is 25.1.